The Morgan fingerprint density at radius 1 is 1.00 bits per heavy atom. The van der Waals surface area contributed by atoms with Crippen molar-refractivity contribution in [3.63, 3.8) is 0 Å². The average Bonchev–Trinajstić information content (AvgIpc) is 3.01. The first kappa shape index (κ1) is 20.8. The van der Waals surface area contributed by atoms with E-state index in [9.17, 15) is 9.59 Å². The highest BCUT2D eigenvalue weighted by molar-refractivity contribution is 7.99. The SMILES string of the molecule is CCN1C(=O)N(Cc2cccc3ccccc23)C(=O)C12CCN(C1CCSCC1)CC2. The first-order chi connectivity index (χ1) is 15.1. The molecule has 3 saturated heterocycles. The zero-order valence-corrected chi connectivity index (χ0v) is 19.1. The van der Waals surface area contributed by atoms with Crippen molar-refractivity contribution >= 4 is 34.5 Å². The predicted molar refractivity (Wildman–Crippen MR) is 126 cm³/mol. The minimum Gasteiger partial charge on any atom is -0.310 e. The van der Waals surface area contributed by atoms with Crippen LogP contribution >= 0.6 is 11.8 Å². The highest BCUT2D eigenvalue weighted by Crippen LogP contribution is 2.39. The number of rotatable bonds is 4. The van der Waals surface area contributed by atoms with E-state index >= 15 is 0 Å². The molecule has 1 spiro atoms. The molecule has 0 unspecified atom stereocenters. The van der Waals surface area contributed by atoms with Gasteiger partial charge in [-0.25, -0.2) is 4.79 Å². The molecule has 0 atom stereocenters. The molecular weight excluding hydrogens is 406 g/mol. The number of thioether (sulfide) groups is 1. The van der Waals surface area contributed by atoms with Crippen LogP contribution in [0.15, 0.2) is 42.5 Å². The van der Waals surface area contributed by atoms with E-state index in [0.29, 0.717) is 19.1 Å². The number of hydrogen-bond acceptors (Lipinski definition) is 4. The normalized spacial score (nSPS) is 22.7. The monoisotopic (exact) mass is 437 g/mol. The number of hydrogen-bond donors (Lipinski definition) is 0. The van der Waals surface area contributed by atoms with Crippen molar-refractivity contribution in [2.75, 3.05) is 31.1 Å². The van der Waals surface area contributed by atoms with Gasteiger partial charge in [-0.05, 0) is 60.4 Å². The second kappa shape index (κ2) is 8.47. The third-order valence-electron chi connectivity index (χ3n) is 7.48. The molecular formula is C25H31N3O2S. The molecule has 5 nitrogen and oxygen atoms in total. The fraction of sp³-hybridized carbons (Fsp3) is 0.520. The molecule has 0 aliphatic carbocycles. The second-order valence-electron chi connectivity index (χ2n) is 8.97. The van der Waals surface area contributed by atoms with Gasteiger partial charge in [-0.15, -0.1) is 0 Å². The molecule has 3 amide bonds. The van der Waals surface area contributed by atoms with E-state index in [-0.39, 0.29) is 11.9 Å². The van der Waals surface area contributed by atoms with E-state index in [1.165, 1.54) is 29.2 Å². The van der Waals surface area contributed by atoms with Crippen LogP contribution in [0.1, 0.15) is 38.2 Å². The Hall–Kier alpha value is -2.05. The lowest BCUT2D eigenvalue weighted by Crippen LogP contribution is -2.58. The van der Waals surface area contributed by atoms with Crippen LogP contribution in [0.5, 0.6) is 0 Å². The largest absolute Gasteiger partial charge is 0.327 e. The van der Waals surface area contributed by atoms with Crippen molar-refractivity contribution in [3.05, 3.63) is 48.0 Å². The third kappa shape index (κ3) is 3.54. The maximum absolute atomic E-state index is 13.7. The maximum atomic E-state index is 13.7. The van der Waals surface area contributed by atoms with E-state index in [1.807, 2.05) is 47.9 Å². The second-order valence-corrected chi connectivity index (χ2v) is 10.2. The molecule has 3 fully saturated rings. The van der Waals surface area contributed by atoms with Crippen LogP contribution in [-0.4, -0.2) is 69.4 Å². The van der Waals surface area contributed by atoms with Crippen LogP contribution in [-0.2, 0) is 11.3 Å². The molecule has 0 aromatic heterocycles. The highest BCUT2D eigenvalue weighted by atomic mass is 32.2. The molecule has 31 heavy (non-hydrogen) atoms. The van der Waals surface area contributed by atoms with Crippen molar-refractivity contribution in [2.24, 2.45) is 0 Å². The molecule has 2 aromatic rings. The van der Waals surface area contributed by atoms with E-state index in [2.05, 4.69) is 23.1 Å². The zero-order chi connectivity index (χ0) is 21.4. The number of likely N-dealkylation sites (N-methyl/N-ethyl adjacent to an activating group) is 1. The molecule has 6 heteroatoms. The van der Waals surface area contributed by atoms with Crippen LogP contribution in [0, 0.1) is 0 Å². The summed E-state index contributed by atoms with van der Waals surface area (Å²) in [4.78, 5) is 33.0. The van der Waals surface area contributed by atoms with Gasteiger partial charge in [-0.1, -0.05) is 42.5 Å². The zero-order valence-electron chi connectivity index (χ0n) is 18.3. The summed E-state index contributed by atoms with van der Waals surface area (Å²) in [7, 11) is 0. The van der Waals surface area contributed by atoms with Gasteiger partial charge >= 0.3 is 6.03 Å². The fourth-order valence-electron chi connectivity index (χ4n) is 5.75. The van der Waals surface area contributed by atoms with Gasteiger partial charge in [0.25, 0.3) is 5.91 Å². The average molecular weight is 438 g/mol. The van der Waals surface area contributed by atoms with Crippen LogP contribution < -0.4 is 0 Å². The molecule has 3 heterocycles. The smallest absolute Gasteiger partial charge is 0.310 e. The first-order valence-electron chi connectivity index (χ1n) is 11.6. The van der Waals surface area contributed by atoms with Crippen molar-refractivity contribution < 1.29 is 9.59 Å². The molecule has 0 saturated carbocycles. The van der Waals surface area contributed by atoms with Gasteiger partial charge in [0.15, 0.2) is 0 Å². The van der Waals surface area contributed by atoms with Gasteiger partial charge in [0.2, 0.25) is 0 Å². The molecule has 164 valence electrons. The molecule has 0 N–H and O–H groups in total. The van der Waals surface area contributed by atoms with Crippen LogP contribution in [0.4, 0.5) is 4.79 Å². The molecule has 0 radical (unpaired) electrons. The lowest BCUT2D eigenvalue weighted by molar-refractivity contribution is -0.136. The molecule has 0 bridgehead atoms. The minimum atomic E-state index is -0.656. The number of likely N-dealkylation sites (tertiary alicyclic amines) is 1. The number of imide groups is 1. The van der Waals surface area contributed by atoms with Crippen molar-refractivity contribution in [3.8, 4) is 0 Å². The van der Waals surface area contributed by atoms with Gasteiger partial charge in [-0.2, -0.15) is 11.8 Å². The van der Waals surface area contributed by atoms with Gasteiger partial charge in [-0.3, -0.25) is 9.69 Å². The van der Waals surface area contributed by atoms with Crippen LogP contribution in [0.25, 0.3) is 10.8 Å². The Morgan fingerprint density at radius 3 is 2.45 bits per heavy atom. The number of piperidine rings is 1. The summed E-state index contributed by atoms with van der Waals surface area (Å²) in [6.45, 7) is 4.75. The Morgan fingerprint density at radius 2 is 1.71 bits per heavy atom. The number of urea groups is 1. The van der Waals surface area contributed by atoms with Crippen LogP contribution in [0.2, 0.25) is 0 Å². The van der Waals surface area contributed by atoms with Gasteiger partial charge in [0, 0.05) is 25.7 Å². The number of carbonyl (C=O) groups is 2. The topological polar surface area (TPSA) is 43.9 Å². The standard InChI is InChI=1S/C25H31N3O2S/c1-2-28-24(30)27(18-20-8-5-7-19-6-3-4-9-22(19)20)23(29)25(28)12-14-26(15-13-25)21-10-16-31-17-11-21/h3-9,21H,2,10-18H2,1H3. The maximum Gasteiger partial charge on any atom is 0.327 e. The Kier molecular flexibility index (Phi) is 5.69. The first-order valence-corrected chi connectivity index (χ1v) is 12.7. The van der Waals surface area contributed by atoms with Gasteiger partial charge < -0.3 is 9.80 Å². The number of fused-ring (bicyclic) bond motifs is 1. The van der Waals surface area contributed by atoms with E-state index in [1.54, 1.807) is 0 Å². The minimum absolute atomic E-state index is 0.00568. The Balaban J connectivity index is 1.38. The van der Waals surface area contributed by atoms with Gasteiger partial charge in [0.1, 0.15) is 5.54 Å². The summed E-state index contributed by atoms with van der Waals surface area (Å²) >= 11 is 2.05. The third-order valence-corrected chi connectivity index (χ3v) is 8.53. The van der Waals surface area contributed by atoms with E-state index < -0.39 is 5.54 Å². The summed E-state index contributed by atoms with van der Waals surface area (Å²) in [5.74, 6) is 2.49. The quantitative estimate of drug-likeness (QED) is 0.667. The number of carbonyl (C=O) groups excluding carboxylic acids is 2. The highest BCUT2D eigenvalue weighted by Gasteiger charge is 2.57. The predicted octanol–water partition coefficient (Wildman–Crippen LogP) is 4.35. The number of amides is 3. The summed E-state index contributed by atoms with van der Waals surface area (Å²) in [5, 5.41) is 2.25. The van der Waals surface area contributed by atoms with Crippen molar-refractivity contribution in [1.82, 2.24) is 14.7 Å². The molecule has 5 rings (SSSR count). The Bertz CT molecular complexity index is 974. The fourth-order valence-corrected chi connectivity index (χ4v) is 6.84. The summed E-state index contributed by atoms with van der Waals surface area (Å²) in [6, 6.07) is 14.8. The molecule has 2 aromatic carbocycles. The lowest BCUT2D eigenvalue weighted by atomic mass is 9.85. The van der Waals surface area contributed by atoms with E-state index in [0.717, 1.165) is 42.3 Å². The van der Waals surface area contributed by atoms with E-state index in [4.69, 9.17) is 0 Å². The summed E-state index contributed by atoms with van der Waals surface area (Å²) < 4.78 is 0. The molecule has 3 aliphatic rings. The molecule has 3 aliphatic heterocycles. The Labute approximate surface area is 188 Å². The van der Waals surface area contributed by atoms with Crippen LogP contribution in [0.3, 0.4) is 0 Å². The summed E-state index contributed by atoms with van der Waals surface area (Å²) in [5.41, 5.74) is 0.376. The number of nitrogens with zero attached hydrogens (tertiary/aromatic N) is 3. The number of benzene rings is 2. The van der Waals surface area contributed by atoms with Crippen molar-refractivity contribution in [2.45, 2.75) is 50.7 Å². The lowest BCUT2D eigenvalue weighted by Gasteiger charge is -2.45. The van der Waals surface area contributed by atoms with Crippen molar-refractivity contribution in [1.29, 1.82) is 0 Å². The summed E-state index contributed by atoms with van der Waals surface area (Å²) in [6.07, 6.45) is 3.99. The van der Waals surface area contributed by atoms with Gasteiger partial charge in [0.05, 0.1) is 6.54 Å².